The molecule has 0 aliphatic heterocycles. The highest BCUT2D eigenvalue weighted by atomic mass is 32.1. The molecule has 0 saturated carbocycles. The molecule has 0 unspecified atom stereocenters. The van der Waals surface area contributed by atoms with Gasteiger partial charge < -0.3 is 15.4 Å². The number of aliphatic imine (C=N–C) groups is 1. The first-order valence-corrected chi connectivity index (χ1v) is 9.83. The molecular weight excluding hydrogens is 396 g/mol. The van der Waals surface area contributed by atoms with Gasteiger partial charge in [-0.15, -0.1) is 0 Å². The zero-order chi connectivity index (χ0) is 21.3. The normalized spacial score (nSPS) is 11.0. The molecule has 1 heterocycles. The monoisotopic (exact) mass is 420 g/mol. The molecule has 0 bridgehead atoms. The third-order valence-corrected chi connectivity index (χ3v) is 4.28. The molecule has 0 radical (unpaired) electrons. The van der Waals surface area contributed by atoms with Crippen LogP contribution in [0.15, 0.2) is 65.7 Å². The van der Waals surface area contributed by atoms with Crippen LogP contribution in [0.5, 0.6) is 5.75 Å². The molecule has 1 aromatic heterocycles. The van der Waals surface area contributed by atoms with Gasteiger partial charge in [0.25, 0.3) is 0 Å². The van der Waals surface area contributed by atoms with E-state index < -0.39 is 0 Å². The number of aromatic nitrogens is 2. The van der Waals surface area contributed by atoms with Gasteiger partial charge in [0, 0.05) is 22.6 Å². The number of thiocarbonyl (C=S) groups is 1. The van der Waals surface area contributed by atoms with E-state index >= 15 is 0 Å². The van der Waals surface area contributed by atoms with Crippen molar-refractivity contribution in [2.75, 3.05) is 17.7 Å². The molecule has 0 aliphatic carbocycles. The van der Waals surface area contributed by atoms with Gasteiger partial charge in [-0.05, 0) is 50.3 Å². The Balaban J connectivity index is 1.80. The lowest BCUT2D eigenvalue weighted by molar-refractivity contribution is 0.410. The van der Waals surface area contributed by atoms with Crippen molar-refractivity contribution in [3.63, 3.8) is 0 Å². The molecule has 0 fully saturated rings. The predicted octanol–water partition coefficient (Wildman–Crippen LogP) is 4.06. The number of hydrogen-bond donors (Lipinski definition) is 3. The second-order valence-electron chi connectivity index (χ2n) is 6.52. The first-order chi connectivity index (χ1) is 14.5. The van der Waals surface area contributed by atoms with Gasteiger partial charge in [-0.2, -0.15) is 0 Å². The minimum atomic E-state index is 0.387. The summed E-state index contributed by atoms with van der Waals surface area (Å²) in [6.07, 6.45) is 0. The third-order valence-electron chi connectivity index (χ3n) is 4.08. The van der Waals surface area contributed by atoms with E-state index in [2.05, 4.69) is 30.9 Å². The third kappa shape index (κ3) is 6.25. The molecule has 0 saturated heterocycles. The van der Waals surface area contributed by atoms with Crippen molar-refractivity contribution < 1.29 is 4.74 Å². The van der Waals surface area contributed by atoms with Gasteiger partial charge in [0.1, 0.15) is 5.75 Å². The van der Waals surface area contributed by atoms with Crippen LogP contribution in [0.4, 0.5) is 11.6 Å². The Bertz CT molecular complexity index is 1020. The lowest BCUT2D eigenvalue weighted by atomic mass is 10.2. The second kappa shape index (κ2) is 10.3. The van der Waals surface area contributed by atoms with Crippen molar-refractivity contribution in [2.24, 2.45) is 4.99 Å². The Kier molecular flexibility index (Phi) is 7.29. The number of anilines is 2. The van der Waals surface area contributed by atoms with Gasteiger partial charge in [0.05, 0.1) is 13.7 Å². The molecule has 0 spiro atoms. The number of benzene rings is 2. The first kappa shape index (κ1) is 21.2. The number of para-hydroxylation sites is 2. The molecule has 154 valence electrons. The van der Waals surface area contributed by atoms with Crippen molar-refractivity contribution >= 4 is 34.9 Å². The molecule has 0 atom stereocenters. The number of nitrogens with one attached hydrogen (secondary N) is 3. The number of nitrogens with zero attached hydrogens (tertiary/aromatic N) is 3. The van der Waals surface area contributed by atoms with Gasteiger partial charge in [-0.25, -0.2) is 15.0 Å². The fourth-order valence-corrected chi connectivity index (χ4v) is 3.00. The summed E-state index contributed by atoms with van der Waals surface area (Å²) in [4.78, 5) is 13.5. The second-order valence-corrected chi connectivity index (χ2v) is 6.93. The average molecular weight is 421 g/mol. The van der Waals surface area contributed by atoms with E-state index in [0.29, 0.717) is 23.6 Å². The van der Waals surface area contributed by atoms with Gasteiger partial charge in [-0.3, -0.25) is 5.32 Å². The van der Waals surface area contributed by atoms with E-state index in [9.17, 15) is 0 Å². The summed E-state index contributed by atoms with van der Waals surface area (Å²) in [7, 11) is 1.64. The fraction of sp³-hybridized carbons (Fsp3) is 0.182. The highest BCUT2D eigenvalue weighted by Gasteiger charge is 2.08. The number of guanidine groups is 1. The highest BCUT2D eigenvalue weighted by Crippen LogP contribution is 2.18. The molecule has 2 aromatic carbocycles. The van der Waals surface area contributed by atoms with Crippen LogP contribution in [0.2, 0.25) is 0 Å². The summed E-state index contributed by atoms with van der Waals surface area (Å²) < 4.78 is 5.41. The number of aryl methyl sites for hydroxylation is 2. The van der Waals surface area contributed by atoms with Gasteiger partial charge in [-0.1, -0.05) is 36.4 Å². The maximum Gasteiger partial charge on any atom is 0.229 e. The summed E-state index contributed by atoms with van der Waals surface area (Å²) in [6.45, 7) is 4.22. The van der Waals surface area contributed by atoms with E-state index in [1.807, 2.05) is 74.5 Å². The van der Waals surface area contributed by atoms with Crippen LogP contribution in [0.3, 0.4) is 0 Å². The maximum absolute atomic E-state index is 5.45. The molecule has 30 heavy (non-hydrogen) atoms. The maximum atomic E-state index is 5.45. The summed E-state index contributed by atoms with van der Waals surface area (Å²) in [5.74, 6) is 1.65. The minimum Gasteiger partial charge on any atom is -0.496 e. The Morgan fingerprint density at radius 1 is 0.967 bits per heavy atom. The molecular formula is C22H24N6OS. The molecule has 3 N–H and O–H groups in total. The van der Waals surface area contributed by atoms with Gasteiger partial charge >= 0.3 is 0 Å². The van der Waals surface area contributed by atoms with Crippen molar-refractivity contribution in [1.29, 1.82) is 0 Å². The Hall–Kier alpha value is -3.52. The minimum absolute atomic E-state index is 0.387. The van der Waals surface area contributed by atoms with E-state index in [1.54, 1.807) is 7.11 Å². The molecule has 3 rings (SSSR count). The first-order valence-electron chi connectivity index (χ1n) is 9.42. The summed E-state index contributed by atoms with van der Waals surface area (Å²) in [5.41, 5.74) is 3.55. The Morgan fingerprint density at radius 3 is 2.33 bits per heavy atom. The average Bonchev–Trinajstić information content (AvgIpc) is 2.72. The lowest BCUT2D eigenvalue weighted by Crippen LogP contribution is -2.39. The predicted molar refractivity (Wildman–Crippen MR) is 125 cm³/mol. The quantitative estimate of drug-likeness (QED) is 0.326. The van der Waals surface area contributed by atoms with Crippen molar-refractivity contribution in [1.82, 2.24) is 15.3 Å². The molecule has 8 heteroatoms. The van der Waals surface area contributed by atoms with Crippen LogP contribution >= 0.6 is 12.2 Å². The summed E-state index contributed by atoms with van der Waals surface area (Å²) >= 11 is 5.45. The van der Waals surface area contributed by atoms with E-state index in [0.717, 1.165) is 28.4 Å². The number of rotatable bonds is 5. The zero-order valence-electron chi connectivity index (χ0n) is 17.1. The van der Waals surface area contributed by atoms with Crippen molar-refractivity contribution in [3.8, 4) is 5.75 Å². The largest absolute Gasteiger partial charge is 0.496 e. The van der Waals surface area contributed by atoms with Crippen LogP contribution < -0.4 is 20.7 Å². The summed E-state index contributed by atoms with van der Waals surface area (Å²) in [6, 6.07) is 19.3. The highest BCUT2D eigenvalue weighted by molar-refractivity contribution is 7.80. The van der Waals surface area contributed by atoms with Crippen LogP contribution in [0.25, 0.3) is 0 Å². The molecule has 7 nitrogen and oxygen atoms in total. The number of ether oxygens (including phenoxy) is 1. The van der Waals surface area contributed by atoms with Crippen molar-refractivity contribution in [2.45, 2.75) is 20.4 Å². The zero-order valence-corrected chi connectivity index (χ0v) is 18.0. The Morgan fingerprint density at radius 2 is 1.63 bits per heavy atom. The Labute approximate surface area is 181 Å². The fourth-order valence-electron chi connectivity index (χ4n) is 2.79. The van der Waals surface area contributed by atoms with E-state index in [1.165, 1.54) is 0 Å². The number of methoxy groups -OCH3 is 1. The van der Waals surface area contributed by atoms with E-state index in [-0.39, 0.29) is 0 Å². The number of hydrogen-bond acceptors (Lipinski definition) is 5. The van der Waals surface area contributed by atoms with Crippen LogP contribution in [-0.2, 0) is 6.54 Å². The van der Waals surface area contributed by atoms with Crippen LogP contribution in [0, 0.1) is 13.8 Å². The van der Waals surface area contributed by atoms with Crippen LogP contribution in [-0.4, -0.2) is 28.1 Å². The van der Waals surface area contributed by atoms with Crippen LogP contribution in [0.1, 0.15) is 17.0 Å². The summed E-state index contributed by atoms with van der Waals surface area (Å²) in [5, 5.41) is 9.77. The van der Waals surface area contributed by atoms with Gasteiger partial charge in [0.15, 0.2) is 5.11 Å². The standard InChI is InChI=1S/C22H24N6OS/c1-15-13-16(2)25-21(24-15)27-20(23-14-17-9-7-8-12-19(17)29-3)28-22(30)26-18-10-5-4-6-11-18/h4-13H,14H2,1-3H3,(H3,23,24,25,26,27,28,30). The lowest BCUT2D eigenvalue weighted by Gasteiger charge is -2.14. The smallest absolute Gasteiger partial charge is 0.229 e. The molecule has 0 aliphatic rings. The van der Waals surface area contributed by atoms with Crippen molar-refractivity contribution in [3.05, 3.63) is 77.6 Å². The SMILES string of the molecule is COc1ccccc1CN=C(NC(=S)Nc1ccccc1)Nc1nc(C)cc(C)n1. The molecule has 3 aromatic rings. The molecule has 0 amide bonds. The van der Waals surface area contributed by atoms with Gasteiger partial charge in [0.2, 0.25) is 11.9 Å². The topological polar surface area (TPSA) is 83.5 Å². The van der Waals surface area contributed by atoms with E-state index in [4.69, 9.17) is 17.0 Å².